The van der Waals surface area contributed by atoms with E-state index >= 15 is 0 Å². The van der Waals surface area contributed by atoms with Gasteiger partial charge in [0.25, 0.3) is 0 Å². The van der Waals surface area contributed by atoms with Gasteiger partial charge in [-0.3, -0.25) is 4.79 Å². The molecule has 3 aliphatic rings. The molecule has 1 saturated heterocycles. The second-order valence-corrected chi connectivity index (χ2v) is 8.27. The van der Waals surface area contributed by atoms with Crippen LogP contribution in [0.2, 0.25) is 0 Å². The monoisotopic (exact) mass is 334 g/mol. The quantitative estimate of drug-likeness (QED) is 0.665. The average molecular weight is 334 g/mol. The minimum Gasteiger partial charge on any atom is -0.469 e. The maximum absolute atomic E-state index is 12.4. The number of epoxide rings is 1. The molecule has 2 fully saturated rings. The van der Waals surface area contributed by atoms with Crippen LogP contribution in [-0.4, -0.2) is 28.9 Å². The van der Waals surface area contributed by atoms with Crippen molar-refractivity contribution in [3.05, 3.63) is 23.2 Å². The van der Waals surface area contributed by atoms with Gasteiger partial charge in [0, 0.05) is 23.8 Å². The van der Waals surface area contributed by atoms with Crippen molar-refractivity contribution in [2.45, 2.75) is 71.4 Å². The Hall–Kier alpha value is -1.33. The Morgan fingerprint density at radius 1 is 1.46 bits per heavy atom. The normalized spacial score (nSPS) is 43.0. The highest BCUT2D eigenvalue weighted by Crippen LogP contribution is 2.69. The zero-order valence-corrected chi connectivity index (χ0v) is 15.0. The van der Waals surface area contributed by atoms with Crippen LogP contribution < -0.4 is 0 Å². The number of esters is 1. The molecule has 1 aromatic rings. The van der Waals surface area contributed by atoms with E-state index in [2.05, 4.69) is 6.92 Å². The third-order valence-electron chi connectivity index (χ3n) is 6.74. The second-order valence-electron chi connectivity index (χ2n) is 8.27. The van der Waals surface area contributed by atoms with Crippen LogP contribution in [0, 0.1) is 24.2 Å². The predicted molar refractivity (Wildman–Crippen MR) is 86.3 cm³/mol. The molecule has 0 amide bonds. The molecule has 0 unspecified atom stereocenters. The third-order valence-corrected chi connectivity index (χ3v) is 6.74. The number of aryl methyl sites for hydroxylation is 1. The molecule has 1 aromatic heterocycles. The van der Waals surface area contributed by atoms with Crippen molar-refractivity contribution in [2.24, 2.45) is 17.3 Å². The lowest BCUT2D eigenvalue weighted by Crippen LogP contribution is -2.58. The fourth-order valence-electron chi connectivity index (χ4n) is 4.92. The molecule has 2 aliphatic carbocycles. The van der Waals surface area contributed by atoms with Crippen molar-refractivity contribution in [3.8, 4) is 0 Å². The summed E-state index contributed by atoms with van der Waals surface area (Å²) in [6.45, 7) is 9.80. The SMILES string of the molecule is Cc1coc2c1[C@@H](OC(=O)C(C)C)[C@]1(C)[C@@H](C)[C@@H](O)C[C@H]3O[C@]31C2. The number of aliphatic hydroxyl groups excluding tert-OH is 1. The number of hydrogen-bond acceptors (Lipinski definition) is 5. The van der Waals surface area contributed by atoms with E-state index in [0.717, 1.165) is 16.9 Å². The molecule has 0 bridgehead atoms. The Balaban J connectivity index is 1.86. The van der Waals surface area contributed by atoms with E-state index in [9.17, 15) is 9.90 Å². The van der Waals surface area contributed by atoms with Crippen molar-refractivity contribution in [3.63, 3.8) is 0 Å². The van der Waals surface area contributed by atoms with Crippen LogP contribution in [0.5, 0.6) is 0 Å². The van der Waals surface area contributed by atoms with E-state index in [4.69, 9.17) is 13.9 Å². The van der Waals surface area contributed by atoms with E-state index < -0.39 is 23.2 Å². The minimum absolute atomic E-state index is 0.00695. The lowest BCUT2D eigenvalue weighted by molar-refractivity contribution is -0.178. The van der Waals surface area contributed by atoms with E-state index in [0.29, 0.717) is 12.8 Å². The van der Waals surface area contributed by atoms with Gasteiger partial charge in [0.05, 0.1) is 24.4 Å². The Morgan fingerprint density at radius 3 is 2.83 bits per heavy atom. The standard InChI is InChI=1S/C19H26O5/c1-9(2)17(21)23-16-15-10(3)8-22-13(15)7-19-14(24-19)6-12(20)11(4)18(16,19)5/h8-9,11-12,14,16,20H,6-7H2,1-5H3/t11-,12-,14+,16+,18-,19+/m0/s1. The molecule has 5 nitrogen and oxygen atoms in total. The molecule has 2 heterocycles. The molecule has 4 rings (SSSR count). The van der Waals surface area contributed by atoms with Gasteiger partial charge in [0.2, 0.25) is 0 Å². The number of aliphatic hydroxyl groups is 1. The highest BCUT2D eigenvalue weighted by Gasteiger charge is 2.77. The maximum atomic E-state index is 12.4. The maximum Gasteiger partial charge on any atom is 0.309 e. The number of ether oxygens (including phenoxy) is 2. The van der Waals surface area contributed by atoms with Crippen molar-refractivity contribution in [1.29, 1.82) is 0 Å². The van der Waals surface area contributed by atoms with Crippen molar-refractivity contribution in [2.75, 3.05) is 0 Å². The summed E-state index contributed by atoms with van der Waals surface area (Å²) >= 11 is 0. The number of fused-ring (bicyclic) bond motifs is 1. The summed E-state index contributed by atoms with van der Waals surface area (Å²) < 4.78 is 17.9. The summed E-state index contributed by atoms with van der Waals surface area (Å²) in [5.41, 5.74) is 1.09. The number of carbonyl (C=O) groups excluding carboxylic acids is 1. The van der Waals surface area contributed by atoms with Crippen molar-refractivity contribution >= 4 is 5.97 Å². The predicted octanol–water partition coefficient (Wildman–Crippen LogP) is 2.93. The highest BCUT2D eigenvalue weighted by atomic mass is 16.6. The molecule has 1 aliphatic heterocycles. The molecule has 1 spiro atoms. The van der Waals surface area contributed by atoms with Gasteiger partial charge in [-0.05, 0) is 18.4 Å². The summed E-state index contributed by atoms with van der Waals surface area (Å²) in [5, 5.41) is 10.6. The van der Waals surface area contributed by atoms with E-state index in [1.165, 1.54) is 0 Å². The van der Waals surface area contributed by atoms with Gasteiger partial charge in [-0.2, -0.15) is 0 Å². The first-order valence-corrected chi connectivity index (χ1v) is 8.85. The molecule has 1 saturated carbocycles. The first-order valence-electron chi connectivity index (χ1n) is 8.85. The van der Waals surface area contributed by atoms with Crippen LogP contribution in [0.25, 0.3) is 0 Å². The van der Waals surface area contributed by atoms with Gasteiger partial charge in [-0.1, -0.05) is 27.7 Å². The lowest BCUT2D eigenvalue weighted by Gasteiger charge is -2.52. The van der Waals surface area contributed by atoms with Crippen LogP contribution in [0.4, 0.5) is 0 Å². The zero-order valence-electron chi connectivity index (χ0n) is 15.0. The lowest BCUT2D eigenvalue weighted by atomic mass is 9.53. The average Bonchev–Trinajstić information content (AvgIpc) is 3.09. The minimum atomic E-state index is -0.471. The molecule has 1 N–H and O–H groups in total. The van der Waals surface area contributed by atoms with Gasteiger partial charge in [0.15, 0.2) is 0 Å². The van der Waals surface area contributed by atoms with Gasteiger partial charge in [0.1, 0.15) is 17.5 Å². The number of rotatable bonds is 2. The van der Waals surface area contributed by atoms with Gasteiger partial charge >= 0.3 is 5.97 Å². The molecule has 132 valence electrons. The Bertz CT molecular complexity index is 692. The van der Waals surface area contributed by atoms with Crippen LogP contribution in [0.3, 0.4) is 0 Å². The van der Waals surface area contributed by atoms with Gasteiger partial charge < -0.3 is 19.0 Å². The molecule has 0 radical (unpaired) electrons. The topological polar surface area (TPSA) is 72.2 Å². The second kappa shape index (κ2) is 4.85. The number of hydrogen-bond donors (Lipinski definition) is 1. The summed E-state index contributed by atoms with van der Waals surface area (Å²) in [6.07, 6.45) is 2.15. The molecular weight excluding hydrogens is 308 g/mol. The van der Waals surface area contributed by atoms with E-state index in [-0.39, 0.29) is 23.9 Å². The molecule has 6 atom stereocenters. The Labute approximate surface area is 142 Å². The fraction of sp³-hybridized carbons (Fsp3) is 0.737. The van der Waals surface area contributed by atoms with Gasteiger partial charge in [-0.25, -0.2) is 0 Å². The number of carbonyl (C=O) groups is 1. The van der Waals surface area contributed by atoms with Crippen LogP contribution in [0.1, 0.15) is 57.1 Å². The smallest absolute Gasteiger partial charge is 0.309 e. The fourth-order valence-corrected chi connectivity index (χ4v) is 4.92. The number of furan rings is 1. The van der Waals surface area contributed by atoms with Crippen molar-refractivity contribution in [1.82, 2.24) is 0 Å². The molecule has 5 heteroatoms. The first kappa shape index (κ1) is 16.2. The highest BCUT2D eigenvalue weighted by molar-refractivity contribution is 5.72. The summed E-state index contributed by atoms with van der Waals surface area (Å²) in [7, 11) is 0. The Morgan fingerprint density at radius 2 is 2.17 bits per heavy atom. The Kier molecular flexibility index (Phi) is 3.27. The van der Waals surface area contributed by atoms with Gasteiger partial charge in [-0.15, -0.1) is 0 Å². The van der Waals surface area contributed by atoms with E-state index in [1.807, 2.05) is 27.7 Å². The largest absolute Gasteiger partial charge is 0.469 e. The molecule has 24 heavy (non-hydrogen) atoms. The first-order chi connectivity index (χ1) is 11.2. The molecular formula is C19H26O5. The van der Waals surface area contributed by atoms with Crippen LogP contribution in [-0.2, 0) is 20.7 Å². The summed E-state index contributed by atoms with van der Waals surface area (Å²) in [4.78, 5) is 12.4. The zero-order chi connectivity index (χ0) is 17.4. The summed E-state index contributed by atoms with van der Waals surface area (Å²) in [5.74, 6) is 0.387. The van der Waals surface area contributed by atoms with E-state index in [1.54, 1.807) is 6.26 Å². The third kappa shape index (κ3) is 1.80. The van der Waals surface area contributed by atoms with Crippen LogP contribution in [0.15, 0.2) is 10.7 Å². The van der Waals surface area contributed by atoms with Crippen molar-refractivity contribution < 1.29 is 23.8 Å². The molecule has 0 aromatic carbocycles. The van der Waals surface area contributed by atoms with Crippen LogP contribution >= 0.6 is 0 Å². The summed E-state index contributed by atoms with van der Waals surface area (Å²) in [6, 6.07) is 0.